The fourth-order valence-electron chi connectivity index (χ4n) is 2.56. The van der Waals surface area contributed by atoms with Gasteiger partial charge in [0.15, 0.2) is 0 Å². The van der Waals surface area contributed by atoms with E-state index in [-0.39, 0.29) is 12.5 Å². The Morgan fingerprint density at radius 3 is 2.46 bits per heavy atom. The van der Waals surface area contributed by atoms with Crippen LogP contribution in [0.3, 0.4) is 0 Å². The van der Waals surface area contributed by atoms with Crippen LogP contribution in [0.1, 0.15) is 5.56 Å². The number of hydrogen-bond acceptors (Lipinski definition) is 4. The molecular weight excluding hydrogens is 324 g/mol. The van der Waals surface area contributed by atoms with Gasteiger partial charge in [-0.05, 0) is 40.6 Å². The molecule has 5 heteroatoms. The second-order valence-corrected chi connectivity index (χ2v) is 6.19. The maximum atomic E-state index is 11.9. The van der Waals surface area contributed by atoms with E-state index < -0.39 is 0 Å². The van der Waals surface area contributed by atoms with Crippen LogP contribution in [0.5, 0.6) is 0 Å². The normalized spacial score (nSPS) is 10.8. The molecule has 0 aliphatic rings. The van der Waals surface area contributed by atoms with Crippen molar-refractivity contribution >= 4 is 34.3 Å². The third-order valence-electron chi connectivity index (χ3n) is 4.01. The summed E-state index contributed by atoms with van der Waals surface area (Å²) in [4.78, 5) is 13.9. The smallest absolute Gasteiger partial charge is 0.259 e. The number of carbonyl (C=O) groups is 1. The highest BCUT2D eigenvalue weighted by Gasteiger charge is 2.01. The van der Waals surface area contributed by atoms with Gasteiger partial charge in [0.25, 0.3) is 5.91 Å². The zero-order chi connectivity index (χ0) is 18.4. The highest BCUT2D eigenvalue weighted by atomic mass is 16.2. The molecule has 132 valence electrons. The lowest BCUT2D eigenvalue weighted by Gasteiger charge is -2.11. The van der Waals surface area contributed by atoms with Gasteiger partial charge in [-0.25, -0.2) is 5.43 Å². The minimum atomic E-state index is -0.195. The predicted octanol–water partition coefficient (Wildman–Crippen LogP) is 3.47. The van der Waals surface area contributed by atoms with Crippen LogP contribution in [0.4, 0.5) is 11.4 Å². The van der Waals surface area contributed by atoms with Gasteiger partial charge < -0.3 is 10.2 Å². The van der Waals surface area contributed by atoms with Crippen LogP contribution in [-0.2, 0) is 4.79 Å². The average Bonchev–Trinajstić information content (AvgIpc) is 2.66. The number of hydrazone groups is 1. The van der Waals surface area contributed by atoms with E-state index in [0.29, 0.717) is 0 Å². The summed E-state index contributed by atoms with van der Waals surface area (Å²) >= 11 is 0. The predicted molar refractivity (Wildman–Crippen MR) is 109 cm³/mol. The summed E-state index contributed by atoms with van der Waals surface area (Å²) in [5, 5.41) is 9.42. The van der Waals surface area contributed by atoms with Crippen molar-refractivity contribution in [3.05, 3.63) is 72.3 Å². The fraction of sp³-hybridized carbons (Fsp3) is 0.143. The van der Waals surface area contributed by atoms with Crippen LogP contribution in [0, 0.1) is 0 Å². The molecule has 2 N–H and O–H groups in total. The van der Waals surface area contributed by atoms with Crippen LogP contribution < -0.4 is 15.6 Å². The van der Waals surface area contributed by atoms with Crippen molar-refractivity contribution in [3.8, 4) is 0 Å². The highest BCUT2D eigenvalue weighted by Crippen LogP contribution is 2.18. The second kappa shape index (κ2) is 8.16. The SMILES string of the molecule is CN(C)c1ccc(/C=N/NC(=O)CNc2ccc3ccccc3c2)cc1. The van der Waals surface area contributed by atoms with Gasteiger partial charge >= 0.3 is 0 Å². The molecule has 3 rings (SSSR count). The molecule has 0 aromatic heterocycles. The number of fused-ring (bicyclic) bond motifs is 1. The van der Waals surface area contributed by atoms with Crippen molar-refractivity contribution in [2.24, 2.45) is 5.10 Å². The van der Waals surface area contributed by atoms with E-state index in [2.05, 4.69) is 21.9 Å². The van der Waals surface area contributed by atoms with Crippen molar-refractivity contribution in [2.75, 3.05) is 30.9 Å². The van der Waals surface area contributed by atoms with Crippen molar-refractivity contribution in [1.82, 2.24) is 5.43 Å². The van der Waals surface area contributed by atoms with E-state index in [0.717, 1.165) is 22.3 Å². The summed E-state index contributed by atoms with van der Waals surface area (Å²) in [5.41, 5.74) is 5.48. The lowest BCUT2D eigenvalue weighted by Crippen LogP contribution is -2.25. The van der Waals surface area contributed by atoms with Gasteiger partial charge in [-0.3, -0.25) is 4.79 Å². The number of amides is 1. The molecule has 0 radical (unpaired) electrons. The van der Waals surface area contributed by atoms with Gasteiger partial charge in [-0.1, -0.05) is 42.5 Å². The van der Waals surface area contributed by atoms with Gasteiger partial charge in [0.2, 0.25) is 0 Å². The minimum absolute atomic E-state index is 0.162. The molecule has 0 atom stereocenters. The molecule has 3 aromatic carbocycles. The van der Waals surface area contributed by atoms with Crippen molar-refractivity contribution in [3.63, 3.8) is 0 Å². The van der Waals surface area contributed by atoms with Crippen molar-refractivity contribution in [2.45, 2.75) is 0 Å². The van der Waals surface area contributed by atoms with Crippen molar-refractivity contribution in [1.29, 1.82) is 0 Å². The Kier molecular flexibility index (Phi) is 5.49. The van der Waals surface area contributed by atoms with Gasteiger partial charge in [0, 0.05) is 25.5 Å². The first kappa shape index (κ1) is 17.5. The summed E-state index contributed by atoms with van der Waals surface area (Å²) in [6.07, 6.45) is 1.63. The fourth-order valence-corrected chi connectivity index (χ4v) is 2.56. The summed E-state index contributed by atoms with van der Waals surface area (Å²) in [5.74, 6) is -0.195. The molecule has 0 aliphatic carbocycles. The number of anilines is 2. The highest BCUT2D eigenvalue weighted by molar-refractivity contribution is 5.87. The van der Waals surface area contributed by atoms with E-state index in [1.807, 2.05) is 79.7 Å². The van der Waals surface area contributed by atoms with E-state index in [9.17, 15) is 4.79 Å². The van der Waals surface area contributed by atoms with Crippen molar-refractivity contribution < 1.29 is 4.79 Å². The molecule has 0 spiro atoms. The Hall–Kier alpha value is -3.34. The van der Waals surface area contributed by atoms with E-state index in [1.165, 1.54) is 5.39 Å². The Morgan fingerprint density at radius 1 is 1.00 bits per heavy atom. The van der Waals surface area contributed by atoms with Gasteiger partial charge in [-0.15, -0.1) is 0 Å². The topological polar surface area (TPSA) is 56.7 Å². The summed E-state index contributed by atoms with van der Waals surface area (Å²) in [6, 6.07) is 22.1. The molecule has 0 unspecified atom stereocenters. The van der Waals surface area contributed by atoms with Crippen LogP contribution >= 0.6 is 0 Å². The maximum absolute atomic E-state index is 11.9. The quantitative estimate of drug-likeness (QED) is 0.531. The molecule has 0 saturated heterocycles. The summed E-state index contributed by atoms with van der Waals surface area (Å²) in [6.45, 7) is 0.162. The first-order valence-electron chi connectivity index (χ1n) is 8.44. The molecule has 0 saturated carbocycles. The largest absolute Gasteiger partial charge is 0.378 e. The molecule has 1 amide bonds. The monoisotopic (exact) mass is 346 g/mol. The molecule has 0 fully saturated rings. The Balaban J connectivity index is 1.50. The van der Waals surface area contributed by atoms with Gasteiger partial charge in [0.05, 0.1) is 12.8 Å². The minimum Gasteiger partial charge on any atom is -0.378 e. The number of rotatable bonds is 6. The number of nitrogens with one attached hydrogen (secondary N) is 2. The number of nitrogens with zero attached hydrogens (tertiary/aromatic N) is 2. The first-order valence-corrected chi connectivity index (χ1v) is 8.44. The standard InChI is InChI=1S/C21H22N4O/c1-25(2)20-11-7-16(8-12-20)14-23-24-21(26)15-22-19-10-9-17-5-3-4-6-18(17)13-19/h3-14,22H,15H2,1-2H3,(H,24,26)/b23-14+. The molecular formula is C21H22N4O. The van der Waals surface area contributed by atoms with Crippen LogP contribution in [0.25, 0.3) is 10.8 Å². The third-order valence-corrected chi connectivity index (χ3v) is 4.01. The van der Waals surface area contributed by atoms with Crippen LogP contribution in [-0.4, -0.2) is 32.8 Å². The zero-order valence-corrected chi connectivity index (χ0v) is 14.9. The van der Waals surface area contributed by atoms with E-state index in [1.54, 1.807) is 6.21 Å². The molecule has 0 bridgehead atoms. The molecule has 3 aromatic rings. The number of carbonyl (C=O) groups excluding carboxylic acids is 1. The van der Waals surface area contributed by atoms with Crippen LogP contribution in [0.2, 0.25) is 0 Å². The van der Waals surface area contributed by atoms with Gasteiger partial charge in [0.1, 0.15) is 0 Å². The molecule has 5 nitrogen and oxygen atoms in total. The molecule has 0 aliphatic heterocycles. The van der Waals surface area contributed by atoms with Gasteiger partial charge in [-0.2, -0.15) is 5.10 Å². The number of hydrogen-bond donors (Lipinski definition) is 2. The Morgan fingerprint density at radius 2 is 1.73 bits per heavy atom. The lowest BCUT2D eigenvalue weighted by atomic mass is 10.1. The average molecular weight is 346 g/mol. The third kappa shape index (κ3) is 4.60. The maximum Gasteiger partial charge on any atom is 0.259 e. The zero-order valence-electron chi connectivity index (χ0n) is 14.9. The van der Waals surface area contributed by atoms with Crippen LogP contribution in [0.15, 0.2) is 71.8 Å². The lowest BCUT2D eigenvalue weighted by molar-refractivity contribution is -0.119. The summed E-state index contributed by atoms with van der Waals surface area (Å²) in [7, 11) is 3.98. The first-order chi connectivity index (χ1) is 12.6. The number of benzene rings is 3. The molecule has 0 heterocycles. The van der Waals surface area contributed by atoms with E-state index in [4.69, 9.17) is 0 Å². The Labute approximate surface area is 153 Å². The second-order valence-electron chi connectivity index (χ2n) is 6.19. The Bertz CT molecular complexity index is 917. The van der Waals surface area contributed by atoms with E-state index >= 15 is 0 Å². The molecule has 26 heavy (non-hydrogen) atoms. The summed E-state index contributed by atoms with van der Waals surface area (Å²) < 4.78 is 0.